The fraction of sp³-hybridized carbons (Fsp3) is 0.646. The number of carbonyl (C=O) groups is 4. The van der Waals surface area contributed by atoms with Crippen molar-refractivity contribution in [3.8, 4) is 23.2 Å². The molecule has 4 heterocycles. The number of methoxy groups -OCH3 is 4. The number of Topliss-reactive ketones (excluding diaryl/α,β-unsaturated/α-hetero) is 1. The second kappa shape index (κ2) is 26.4. The van der Waals surface area contributed by atoms with Crippen LogP contribution in [0.5, 0.6) is 0 Å². The summed E-state index contributed by atoms with van der Waals surface area (Å²) in [5, 5.41) is 11.4. The molecule has 0 aliphatic carbocycles. The van der Waals surface area contributed by atoms with Gasteiger partial charge in [0.1, 0.15) is 48.6 Å². The number of fused-ring (bicyclic) bond motifs is 8. The lowest BCUT2D eigenvalue weighted by molar-refractivity contribution is -0.160. The molecule has 3 aromatic heterocycles. The molecular weight excluding hydrogens is 871 g/mol. The number of carbonyl (C=O) groups excluding carboxylic acids is 4. The van der Waals surface area contributed by atoms with Gasteiger partial charge in [0, 0.05) is 78.2 Å². The third-order valence-electron chi connectivity index (χ3n) is 12.8. The molecular formula is C48H71N5O14. The highest BCUT2D eigenvalue weighted by molar-refractivity contribution is 5.81. The first-order valence-corrected chi connectivity index (χ1v) is 22.8. The number of cyclic esters (lactones) is 1. The molecule has 4 rings (SSSR count). The normalized spacial score (nSPS) is 25.8. The Hall–Kier alpha value is -5.21. The lowest BCUT2D eigenvalue weighted by Crippen LogP contribution is -2.39. The molecule has 0 saturated carbocycles. The van der Waals surface area contributed by atoms with Crippen LogP contribution in [0.4, 0.5) is 4.79 Å². The van der Waals surface area contributed by atoms with Crippen molar-refractivity contribution in [2.45, 2.75) is 129 Å². The summed E-state index contributed by atoms with van der Waals surface area (Å²) in [6.07, 6.45) is 7.75. The molecule has 0 fully saturated rings. The van der Waals surface area contributed by atoms with E-state index < -0.39 is 72.5 Å². The molecule has 0 saturated heterocycles. The predicted molar refractivity (Wildman–Crippen MR) is 244 cm³/mol. The van der Waals surface area contributed by atoms with Crippen LogP contribution >= 0.6 is 0 Å². The van der Waals surface area contributed by atoms with Gasteiger partial charge in [0.15, 0.2) is 11.4 Å². The standard InChI is InChI=1S/C48H71N5O14/c1-27-19-33(66-48(49)58)21-43(57)67-41(22-40(60-9)28(2)15-16-37(55)30(4)44(61-10)29(3)17-18-53(7)26-54)32(6)39(59-8)13-12-14-42-50-35(24-63-42)46-52-36(25-65-46)47-51-34(23-64-47)45(62-11)31(5)38(56)20-27/h12,14,17-18,23-33,38-41,44-45,56H,13,15-16,19-22H2,1-11H3,(H2,49,58)/t27-,28-,29+,30-,31-,32+,33-,38+,39-,40-,41-,44+,45+/m0/s1. The zero-order chi connectivity index (χ0) is 49.4. The molecule has 372 valence electrons. The van der Waals surface area contributed by atoms with E-state index in [1.807, 2.05) is 53.7 Å². The number of aliphatic hydroxyl groups excluding tert-OH is 1. The van der Waals surface area contributed by atoms with Gasteiger partial charge in [0.25, 0.3) is 0 Å². The minimum Gasteiger partial charge on any atom is -0.462 e. The molecule has 1 aliphatic heterocycles. The van der Waals surface area contributed by atoms with Gasteiger partial charge >= 0.3 is 12.1 Å². The third kappa shape index (κ3) is 15.7. The first-order chi connectivity index (χ1) is 31.9. The summed E-state index contributed by atoms with van der Waals surface area (Å²) in [7, 11) is 7.86. The summed E-state index contributed by atoms with van der Waals surface area (Å²) in [6, 6.07) is 0. The molecule has 19 nitrogen and oxygen atoms in total. The van der Waals surface area contributed by atoms with Crippen LogP contribution in [-0.2, 0) is 42.8 Å². The van der Waals surface area contributed by atoms with E-state index in [1.165, 1.54) is 30.8 Å². The highest BCUT2D eigenvalue weighted by Crippen LogP contribution is 2.34. The lowest BCUT2D eigenvalue weighted by Gasteiger charge is -2.34. The van der Waals surface area contributed by atoms with Gasteiger partial charge in [-0.2, -0.15) is 0 Å². The van der Waals surface area contributed by atoms with Crippen molar-refractivity contribution in [2.24, 2.45) is 41.2 Å². The number of nitrogens with zero attached hydrogens (tertiary/aromatic N) is 4. The topological polar surface area (TPSA) is 251 Å². The summed E-state index contributed by atoms with van der Waals surface area (Å²) in [6.45, 7) is 11.4. The average molecular weight is 942 g/mol. The van der Waals surface area contributed by atoms with Crippen LogP contribution in [0.2, 0.25) is 0 Å². The van der Waals surface area contributed by atoms with Gasteiger partial charge in [-0.15, -0.1) is 0 Å². The molecule has 2 amide bonds. The van der Waals surface area contributed by atoms with Crippen molar-refractivity contribution in [1.29, 1.82) is 0 Å². The van der Waals surface area contributed by atoms with E-state index in [0.29, 0.717) is 36.3 Å². The van der Waals surface area contributed by atoms with Gasteiger partial charge in [-0.25, -0.2) is 19.7 Å². The van der Waals surface area contributed by atoms with Crippen LogP contribution in [0.1, 0.15) is 104 Å². The van der Waals surface area contributed by atoms with Crippen molar-refractivity contribution < 1.29 is 66.0 Å². The maximum atomic E-state index is 14.0. The Kier molecular flexibility index (Phi) is 21.4. The van der Waals surface area contributed by atoms with E-state index >= 15 is 0 Å². The van der Waals surface area contributed by atoms with E-state index in [4.69, 9.17) is 47.4 Å². The quantitative estimate of drug-likeness (QED) is 0.100. The molecule has 6 bridgehead atoms. The number of amides is 2. The van der Waals surface area contributed by atoms with Crippen molar-refractivity contribution >= 4 is 30.3 Å². The van der Waals surface area contributed by atoms with E-state index in [9.17, 15) is 24.3 Å². The van der Waals surface area contributed by atoms with Crippen molar-refractivity contribution in [3.05, 3.63) is 48.7 Å². The largest absolute Gasteiger partial charge is 0.462 e. The van der Waals surface area contributed by atoms with Gasteiger partial charge in [0.05, 0.1) is 30.8 Å². The molecule has 19 heteroatoms. The molecule has 0 spiro atoms. The Morgan fingerprint density at radius 3 is 2.28 bits per heavy atom. The number of aromatic nitrogens is 3. The van der Waals surface area contributed by atoms with Crippen LogP contribution in [0.15, 0.2) is 50.4 Å². The molecule has 1 aliphatic rings. The number of hydrogen-bond acceptors (Lipinski definition) is 17. The van der Waals surface area contributed by atoms with Crippen LogP contribution < -0.4 is 5.73 Å². The van der Waals surface area contributed by atoms with E-state index in [0.717, 1.165) is 0 Å². The van der Waals surface area contributed by atoms with Crippen LogP contribution in [0.3, 0.4) is 0 Å². The average Bonchev–Trinajstić information content (AvgIpc) is 4.09. The van der Waals surface area contributed by atoms with Gasteiger partial charge in [-0.05, 0) is 43.6 Å². The fourth-order valence-electron chi connectivity index (χ4n) is 8.69. The fourth-order valence-corrected chi connectivity index (χ4v) is 8.69. The highest BCUT2D eigenvalue weighted by atomic mass is 16.6. The Balaban J connectivity index is 1.60. The summed E-state index contributed by atoms with van der Waals surface area (Å²) < 4.78 is 52.4. The SMILES string of the molecule is CO[C@H]([C@H](C)C=CN(C)C=O)[C@@H](C)C(=O)CC[C@H](C)[C@H](C[C@@H]1OC(=O)C[C@@H](OC(N)=O)C[C@H](C)C[C@@H](O)[C@H](C)[C@@H](OC)c2coc(n2)-c2coc(n2)-c2coc(n2)C=CC[C@H](OC)[C@H]1C)OC. The number of rotatable bonds is 17. The molecule has 3 N–H and O–H groups in total. The Bertz CT molecular complexity index is 2060. The smallest absolute Gasteiger partial charge is 0.404 e. The number of ketones is 1. The third-order valence-corrected chi connectivity index (χ3v) is 12.8. The van der Waals surface area contributed by atoms with Crippen LogP contribution in [0, 0.1) is 35.5 Å². The van der Waals surface area contributed by atoms with Crippen molar-refractivity contribution in [2.75, 3.05) is 35.5 Å². The molecule has 0 aromatic carbocycles. The Labute approximate surface area is 393 Å². The number of nitrogens with two attached hydrogens (primary N) is 1. The summed E-state index contributed by atoms with van der Waals surface area (Å²) >= 11 is 0. The zero-order valence-corrected chi connectivity index (χ0v) is 40.7. The minimum absolute atomic E-state index is 0.0194. The Morgan fingerprint density at radius 1 is 0.940 bits per heavy atom. The maximum Gasteiger partial charge on any atom is 0.404 e. The van der Waals surface area contributed by atoms with Crippen molar-refractivity contribution in [3.63, 3.8) is 0 Å². The van der Waals surface area contributed by atoms with Crippen molar-refractivity contribution in [1.82, 2.24) is 19.9 Å². The van der Waals surface area contributed by atoms with Gasteiger partial charge in [-0.3, -0.25) is 14.4 Å². The summed E-state index contributed by atoms with van der Waals surface area (Å²) in [4.78, 5) is 65.7. The summed E-state index contributed by atoms with van der Waals surface area (Å²) in [5.41, 5.74) is 6.58. The number of oxazole rings is 3. The molecule has 3 aromatic rings. The number of hydrogen-bond donors (Lipinski definition) is 2. The second-order valence-electron chi connectivity index (χ2n) is 17.9. The van der Waals surface area contributed by atoms with Crippen LogP contribution in [-0.4, -0.2) is 121 Å². The number of ether oxygens (including phenoxy) is 6. The van der Waals surface area contributed by atoms with E-state index in [-0.39, 0.29) is 73.3 Å². The molecule has 67 heavy (non-hydrogen) atoms. The second-order valence-corrected chi connectivity index (χ2v) is 17.9. The monoisotopic (exact) mass is 941 g/mol. The van der Waals surface area contributed by atoms with Gasteiger partial charge in [-0.1, -0.05) is 53.7 Å². The molecule has 0 unspecified atom stereocenters. The number of aliphatic hydroxyl groups is 1. The lowest BCUT2D eigenvalue weighted by atomic mass is 9.84. The van der Waals surface area contributed by atoms with Gasteiger partial charge in [0.2, 0.25) is 24.1 Å². The predicted octanol–water partition coefficient (Wildman–Crippen LogP) is 7.20. The molecule has 13 atom stereocenters. The molecule has 0 radical (unpaired) electrons. The maximum absolute atomic E-state index is 14.0. The zero-order valence-electron chi connectivity index (χ0n) is 40.7. The first kappa shape index (κ1) is 54.4. The number of primary amides is 1. The Morgan fingerprint density at radius 2 is 1.63 bits per heavy atom. The highest BCUT2D eigenvalue weighted by Gasteiger charge is 2.36. The first-order valence-electron chi connectivity index (χ1n) is 22.8. The van der Waals surface area contributed by atoms with Gasteiger partial charge < -0.3 is 57.4 Å². The van der Waals surface area contributed by atoms with Crippen LogP contribution in [0.25, 0.3) is 29.2 Å². The minimum atomic E-state index is -1.05. The van der Waals surface area contributed by atoms with E-state index in [2.05, 4.69) is 15.0 Å². The van der Waals surface area contributed by atoms with E-state index in [1.54, 1.807) is 40.7 Å². The summed E-state index contributed by atoms with van der Waals surface area (Å²) in [5.74, 6) is -1.84. The number of esters is 1.